The molecule has 1 fully saturated rings. The van der Waals surface area contributed by atoms with E-state index >= 15 is 0 Å². The van der Waals surface area contributed by atoms with Crippen molar-refractivity contribution in [3.8, 4) is 0 Å². The first kappa shape index (κ1) is 16.5. The number of hydrogen-bond donors (Lipinski definition) is 2. The Hall–Kier alpha value is -1.59. The molecule has 0 aromatic carbocycles. The second-order valence-electron chi connectivity index (χ2n) is 5.17. The molecule has 0 saturated carbocycles. The van der Waals surface area contributed by atoms with Gasteiger partial charge in [-0.2, -0.15) is 0 Å². The molecule has 114 valence electrons. The summed E-state index contributed by atoms with van der Waals surface area (Å²) in [5, 5.41) is 5.44. The first-order valence-electron chi connectivity index (χ1n) is 7.41. The number of nitrogens with one attached hydrogen (secondary N) is 2. The SMILES string of the molecule is CCCCCNC(=O)CN1C(=O)NC(CC)(CC)C1=O. The van der Waals surface area contributed by atoms with Gasteiger partial charge in [0.05, 0.1) is 0 Å². The fourth-order valence-electron chi connectivity index (χ4n) is 2.35. The van der Waals surface area contributed by atoms with Crippen molar-refractivity contribution in [2.24, 2.45) is 0 Å². The minimum absolute atomic E-state index is 0.196. The van der Waals surface area contributed by atoms with E-state index in [4.69, 9.17) is 0 Å². The summed E-state index contributed by atoms with van der Waals surface area (Å²) in [6.45, 7) is 6.19. The summed E-state index contributed by atoms with van der Waals surface area (Å²) in [5.41, 5.74) is -0.834. The average Bonchev–Trinajstić information content (AvgIpc) is 2.68. The van der Waals surface area contributed by atoms with Gasteiger partial charge in [-0.1, -0.05) is 33.6 Å². The number of rotatable bonds is 8. The van der Waals surface area contributed by atoms with Crippen molar-refractivity contribution in [1.29, 1.82) is 0 Å². The molecule has 1 aliphatic heterocycles. The minimum atomic E-state index is -0.834. The summed E-state index contributed by atoms with van der Waals surface area (Å²) in [5.74, 6) is -0.580. The van der Waals surface area contributed by atoms with Gasteiger partial charge in [0.25, 0.3) is 5.91 Å². The van der Waals surface area contributed by atoms with Crippen LogP contribution in [-0.2, 0) is 9.59 Å². The lowest BCUT2D eigenvalue weighted by molar-refractivity contribution is -0.135. The Kier molecular flexibility index (Phi) is 5.98. The molecular formula is C14H25N3O3. The van der Waals surface area contributed by atoms with E-state index < -0.39 is 11.6 Å². The predicted octanol–water partition coefficient (Wildman–Crippen LogP) is 1.40. The molecule has 0 atom stereocenters. The van der Waals surface area contributed by atoms with Crippen LogP contribution in [0.2, 0.25) is 0 Å². The monoisotopic (exact) mass is 283 g/mol. The summed E-state index contributed by atoms with van der Waals surface area (Å²) in [6, 6.07) is -0.470. The molecule has 0 aromatic heterocycles. The zero-order valence-electron chi connectivity index (χ0n) is 12.6. The van der Waals surface area contributed by atoms with Crippen LogP contribution < -0.4 is 10.6 Å². The molecule has 0 bridgehead atoms. The number of carbonyl (C=O) groups excluding carboxylic acids is 3. The zero-order chi connectivity index (χ0) is 15.2. The Labute approximate surface area is 120 Å². The first-order valence-corrected chi connectivity index (χ1v) is 7.41. The van der Waals surface area contributed by atoms with Crippen LogP contribution in [-0.4, -0.2) is 41.4 Å². The molecule has 0 aliphatic carbocycles. The lowest BCUT2D eigenvalue weighted by Crippen LogP contribution is -2.46. The third-order valence-electron chi connectivity index (χ3n) is 3.86. The molecule has 1 aliphatic rings. The molecule has 0 radical (unpaired) electrons. The molecule has 6 heteroatoms. The standard InChI is InChI=1S/C14H25N3O3/c1-4-7-8-9-15-11(18)10-17-12(19)14(5-2,6-3)16-13(17)20/h4-10H2,1-3H3,(H,15,18)(H,16,20). The Morgan fingerprint density at radius 1 is 1.20 bits per heavy atom. The molecule has 2 N–H and O–H groups in total. The molecule has 20 heavy (non-hydrogen) atoms. The van der Waals surface area contributed by atoms with Gasteiger partial charge in [-0.05, 0) is 19.3 Å². The summed E-state index contributed by atoms with van der Waals surface area (Å²) in [4.78, 5) is 36.9. The topological polar surface area (TPSA) is 78.5 Å². The predicted molar refractivity (Wildman–Crippen MR) is 76.1 cm³/mol. The van der Waals surface area contributed by atoms with E-state index in [0.29, 0.717) is 19.4 Å². The van der Waals surface area contributed by atoms with Crippen molar-refractivity contribution in [1.82, 2.24) is 15.5 Å². The van der Waals surface area contributed by atoms with Crippen molar-refractivity contribution >= 4 is 17.8 Å². The summed E-state index contributed by atoms with van der Waals surface area (Å²) in [7, 11) is 0. The molecule has 1 rings (SSSR count). The van der Waals surface area contributed by atoms with Crippen LogP contribution in [0.25, 0.3) is 0 Å². The number of imide groups is 1. The molecule has 0 spiro atoms. The number of unbranched alkanes of at least 4 members (excludes halogenated alkanes) is 2. The van der Waals surface area contributed by atoms with Gasteiger partial charge >= 0.3 is 6.03 Å². The maximum absolute atomic E-state index is 12.3. The molecule has 6 nitrogen and oxygen atoms in total. The molecular weight excluding hydrogens is 258 g/mol. The quantitative estimate of drug-likeness (QED) is 0.522. The van der Waals surface area contributed by atoms with E-state index in [1.54, 1.807) is 0 Å². The van der Waals surface area contributed by atoms with Crippen molar-refractivity contribution in [3.05, 3.63) is 0 Å². The number of hydrogen-bond acceptors (Lipinski definition) is 3. The second kappa shape index (κ2) is 7.26. The normalized spacial score (nSPS) is 17.2. The third-order valence-corrected chi connectivity index (χ3v) is 3.86. The average molecular weight is 283 g/mol. The smallest absolute Gasteiger partial charge is 0.325 e. The Morgan fingerprint density at radius 2 is 1.85 bits per heavy atom. The molecule has 1 saturated heterocycles. The van der Waals surface area contributed by atoms with Gasteiger partial charge in [-0.15, -0.1) is 0 Å². The van der Waals surface area contributed by atoms with Crippen LogP contribution >= 0.6 is 0 Å². The van der Waals surface area contributed by atoms with E-state index in [-0.39, 0.29) is 18.4 Å². The number of nitrogens with zero attached hydrogens (tertiary/aromatic N) is 1. The Bertz CT molecular complexity index is 378. The van der Waals surface area contributed by atoms with Crippen LogP contribution in [0.5, 0.6) is 0 Å². The number of amides is 4. The number of urea groups is 1. The van der Waals surface area contributed by atoms with Crippen LogP contribution in [0.15, 0.2) is 0 Å². The minimum Gasteiger partial charge on any atom is -0.355 e. The molecule has 0 unspecified atom stereocenters. The number of carbonyl (C=O) groups is 3. The van der Waals surface area contributed by atoms with Crippen LogP contribution in [0.1, 0.15) is 52.9 Å². The van der Waals surface area contributed by atoms with Gasteiger partial charge in [0.2, 0.25) is 5.91 Å². The van der Waals surface area contributed by atoms with Crippen molar-refractivity contribution < 1.29 is 14.4 Å². The highest BCUT2D eigenvalue weighted by Crippen LogP contribution is 2.24. The Balaban J connectivity index is 2.53. The van der Waals surface area contributed by atoms with Gasteiger partial charge in [0.15, 0.2) is 0 Å². The fourth-order valence-corrected chi connectivity index (χ4v) is 2.35. The van der Waals surface area contributed by atoms with E-state index in [1.165, 1.54) is 0 Å². The maximum Gasteiger partial charge on any atom is 0.325 e. The highest BCUT2D eigenvalue weighted by atomic mass is 16.2. The zero-order valence-corrected chi connectivity index (χ0v) is 12.6. The fraction of sp³-hybridized carbons (Fsp3) is 0.786. The van der Waals surface area contributed by atoms with Gasteiger partial charge in [0.1, 0.15) is 12.1 Å². The highest BCUT2D eigenvalue weighted by molar-refractivity contribution is 6.08. The summed E-state index contributed by atoms with van der Waals surface area (Å²) < 4.78 is 0. The third kappa shape index (κ3) is 3.49. The maximum atomic E-state index is 12.3. The highest BCUT2D eigenvalue weighted by Gasteiger charge is 2.49. The van der Waals surface area contributed by atoms with Crippen LogP contribution in [0.3, 0.4) is 0 Å². The van der Waals surface area contributed by atoms with Gasteiger partial charge < -0.3 is 10.6 Å². The second-order valence-corrected chi connectivity index (χ2v) is 5.17. The van der Waals surface area contributed by atoms with E-state index in [1.807, 2.05) is 13.8 Å². The lowest BCUT2D eigenvalue weighted by atomic mass is 9.93. The van der Waals surface area contributed by atoms with Gasteiger partial charge in [-0.25, -0.2) is 4.79 Å². The van der Waals surface area contributed by atoms with E-state index in [2.05, 4.69) is 17.6 Å². The summed E-state index contributed by atoms with van der Waals surface area (Å²) >= 11 is 0. The Morgan fingerprint density at radius 3 is 2.35 bits per heavy atom. The van der Waals surface area contributed by atoms with Crippen molar-refractivity contribution in [2.75, 3.05) is 13.1 Å². The largest absolute Gasteiger partial charge is 0.355 e. The summed E-state index contributed by atoms with van der Waals surface area (Å²) in [6.07, 6.45) is 4.11. The lowest BCUT2D eigenvalue weighted by Gasteiger charge is -2.22. The molecule has 1 heterocycles. The molecule has 0 aromatic rings. The van der Waals surface area contributed by atoms with Crippen molar-refractivity contribution in [2.45, 2.75) is 58.4 Å². The molecule has 4 amide bonds. The van der Waals surface area contributed by atoms with Gasteiger partial charge in [-0.3, -0.25) is 14.5 Å². The van der Waals surface area contributed by atoms with Crippen LogP contribution in [0.4, 0.5) is 4.79 Å². The van der Waals surface area contributed by atoms with Crippen LogP contribution in [0, 0.1) is 0 Å². The first-order chi connectivity index (χ1) is 9.50. The van der Waals surface area contributed by atoms with Gasteiger partial charge in [0, 0.05) is 6.54 Å². The van der Waals surface area contributed by atoms with E-state index in [0.717, 1.165) is 24.2 Å². The van der Waals surface area contributed by atoms with Crippen molar-refractivity contribution in [3.63, 3.8) is 0 Å². The van der Waals surface area contributed by atoms with E-state index in [9.17, 15) is 14.4 Å².